The van der Waals surface area contributed by atoms with Gasteiger partial charge in [0, 0.05) is 12.0 Å². The highest BCUT2D eigenvalue weighted by molar-refractivity contribution is 5.91. The fourth-order valence-electron chi connectivity index (χ4n) is 2.84. The number of carbonyl (C=O) groups is 1. The van der Waals surface area contributed by atoms with E-state index in [1.807, 2.05) is 0 Å². The van der Waals surface area contributed by atoms with Gasteiger partial charge in [0.1, 0.15) is 0 Å². The fourth-order valence-corrected chi connectivity index (χ4v) is 2.84. The van der Waals surface area contributed by atoms with Crippen LogP contribution in [0.3, 0.4) is 0 Å². The van der Waals surface area contributed by atoms with E-state index >= 15 is 0 Å². The summed E-state index contributed by atoms with van der Waals surface area (Å²) in [6.07, 6.45) is -2.03. The molecule has 2 fully saturated rings. The molecule has 2 aliphatic rings. The zero-order valence-corrected chi connectivity index (χ0v) is 10.4. The summed E-state index contributed by atoms with van der Waals surface area (Å²) in [6.45, 7) is 0.535. The predicted octanol–water partition coefficient (Wildman–Crippen LogP) is 2.45. The van der Waals surface area contributed by atoms with E-state index in [9.17, 15) is 18.0 Å². The van der Waals surface area contributed by atoms with E-state index in [0.717, 1.165) is 12.8 Å². The van der Waals surface area contributed by atoms with E-state index in [0.29, 0.717) is 19.1 Å². The normalized spacial score (nSPS) is 29.4. The largest absolute Gasteiger partial charge is 0.436 e. The fraction of sp³-hybridized carbons (Fsp3) is 0.667. The maximum atomic E-state index is 12.4. The lowest BCUT2D eigenvalue weighted by atomic mass is 9.80. The van der Waals surface area contributed by atoms with Gasteiger partial charge in [-0.2, -0.15) is 13.2 Å². The first-order chi connectivity index (χ1) is 9.43. The number of nitrogens with zero attached hydrogens (tertiary/aromatic N) is 1. The van der Waals surface area contributed by atoms with E-state index in [2.05, 4.69) is 15.0 Å². The second-order valence-corrected chi connectivity index (χ2v) is 5.20. The van der Waals surface area contributed by atoms with Gasteiger partial charge in [0.25, 0.3) is 0 Å². The van der Waals surface area contributed by atoms with Crippen molar-refractivity contribution in [2.45, 2.75) is 31.5 Å². The molecule has 1 aliphatic heterocycles. The molecule has 1 N–H and O–H groups in total. The first-order valence-electron chi connectivity index (χ1n) is 6.40. The number of anilines is 1. The number of hydrogen-bond acceptors (Lipinski definition) is 4. The summed E-state index contributed by atoms with van der Waals surface area (Å²) in [6, 6.07) is 0.689. The minimum absolute atomic E-state index is 0.138. The molecule has 1 saturated carbocycles. The molecule has 1 aliphatic carbocycles. The third kappa shape index (κ3) is 2.52. The maximum Gasteiger partial charge on any atom is 0.436 e. The lowest BCUT2D eigenvalue weighted by Crippen LogP contribution is -2.32. The Kier molecular flexibility index (Phi) is 3.19. The van der Waals surface area contributed by atoms with Gasteiger partial charge in [-0.1, -0.05) is 5.16 Å². The number of alkyl halides is 3. The maximum absolute atomic E-state index is 12.4. The Morgan fingerprint density at radius 2 is 2.20 bits per heavy atom. The molecule has 20 heavy (non-hydrogen) atoms. The van der Waals surface area contributed by atoms with Crippen LogP contribution >= 0.6 is 0 Å². The van der Waals surface area contributed by atoms with Gasteiger partial charge in [-0.05, 0) is 25.2 Å². The van der Waals surface area contributed by atoms with E-state index in [-0.39, 0.29) is 29.7 Å². The zero-order chi connectivity index (χ0) is 14.3. The molecule has 3 atom stereocenters. The van der Waals surface area contributed by atoms with Crippen LogP contribution in [0, 0.1) is 11.8 Å². The summed E-state index contributed by atoms with van der Waals surface area (Å²) < 4.78 is 47.1. The highest BCUT2D eigenvalue weighted by Crippen LogP contribution is 2.38. The first-order valence-corrected chi connectivity index (χ1v) is 6.40. The summed E-state index contributed by atoms with van der Waals surface area (Å²) >= 11 is 0. The minimum Gasteiger partial charge on any atom is -0.378 e. The number of rotatable bonds is 2. The standard InChI is InChI=1S/C12H13F3N2O3/c13-12(14,15)9-4-10(20-17-9)16-11(18)8-2-1-7-3-6(8)5-19-7/h4,6-8H,1-3,5H2,(H,16,18)/t6-,7+,8-/m1/s1. The number of ether oxygens (including phenoxy) is 1. The molecule has 110 valence electrons. The second kappa shape index (κ2) is 4.76. The average Bonchev–Trinajstić information content (AvgIpc) is 2.97. The third-order valence-corrected chi connectivity index (χ3v) is 3.86. The van der Waals surface area contributed by atoms with E-state index < -0.39 is 11.9 Å². The van der Waals surface area contributed by atoms with Crippen LogP contribution in [-0.4, -0.2) is 23.8 Å². The van der Waals surface area contributed by atoms with Gasteiger partial charge >= 0.3 is 6.18 Å². The number of hydrogen-bond donors (Lipinski definition) is 1. The van der Waals surface area contributed by atoms with Crippen molar-refractivity contribution < 1.29 is 27.2 Å². The Labute approximate surface area is 112 Å². The molecule has 2 heterocycles. The summed E-state index contributed by atoms with van der Waals surface area (Å²) in [5.41, 5.74) is -1.15. The predicted molar refractivity (Wildman–Crippen MR) is 60.7 cm³/mol. The summed E-state index contributed by atoms with van der Waals surface area (Å²) in [5, 5.41) is 5.26. The molecule has 8 heteroatoms. The quantitative estimate of drug-likeness (QED) is 0.908. The van der Waals surface area contributed by atoms with E-state index in [1.165, 1.54) is 0 Å². The molecule has 1 amide bonds. The van der Waals surface area contributed by atoms with Crippen molar-refractivity contribution in [3.8, 4) is 0 Å². The van der Waals surface area contributed by atoms with Crippen molar-refractivity contribution in [2.75, 3.05) is 11.9 Å². The summed E-state index contributed by atoms with van der Waals surface area (Å²) in [4.78, 5) is 12.1. The van der Waals surface area contributed by atoms with Crippen molar-refractivity contribution in [1.29, 1.82) is 0 Å². The van der Waals surface area contributed by atoms with Gasteiger partial charge in [-0.3, -0.25) is 10.1 Å². The van der Waals surface area contributed by atoms with Crippen LogP contribution in [-0.2, 0) is 15.7 Å². The lowest BCUT2D eigenvalue weighted by molar-refractivity contribution is -0.142. The van der Waals surface area contributed by atoms with Crippen LogP contribution in [0.1, 0.15) is 25.0 Å². The SMILES string of the molecule is O=C(Nc1cc(C(F)(F)F)no1)[C@@H]1CC[C@H]2C[C@@H]1CO2. The second-order valence-electron chi connectivity index (χ2n) is 5.20. The molecular formula is C12H13F3N2O3. The summed E-state index contributed by atoms with van der Waals surface area (Å²) in [7, 11) is 0. The molecule has 0 aromatic carbocycles. The van der Waals surface area contributed by atoms with Gasteiger partial charge in [0.2, 0.25) is 11.8 Å². The Bertz CT molecular complexity index is 514. The van der Waals surface area contributed by atoms with Crippen molar-refractivity contribution in [1.82, 2.24) is 5.16 Å². The molecule has 1 saturated heterocycles. The molecule has 1 aromatic rings. The first kappa shape index (κ1) is 13.4. The number of amides is 1. The van der Waals surface area contributed by atoms with Crippen molar-refractivity contribution in [2.24, 2.45) is 11.8 Å². The monoisotopic (exact) mass is 290 g/mol. The van der Waals surface area contributed by atoms with Crippen molar-refractivity contribution >= 4 is 11.8 Å². The van der Waals surface area contributed by atoms with Crippen LogP contribution in [0.25, 0.3) is 0 Å². The molecule has 0 unspecified atom stereocenters. The van der Waals surface area contributed by atoms with Crippen molar-refractivity contribution in [3.05, 3.63) is 11.8 Å². The molecular weight excluding hydrogens is 277 g/mol. The molecule has 3 rings (SSSR count). The zero-order valence-electron chi connectivity index (χ0n) is 10.4. The highest BCUT2D eigenvalue weighted by atomic mass is 19.4. The Morgan fingerprint density at radius 3 is 2.90 bits per heavy atom. The number of nitrogens with one attached hydrogen (secondary N) is 1. The molecule has 2 bridgehead atoms. The van der Waals surface area contributed by atoms with E-state index in [1.54, 1.807) is 0 Å². The lowest BCUT2D eigenvalue weighted by Gasteiger charge is -2.25. The minimum atomic E-state index is -4.58. The van der Waals surface area contributed by atoms with Crippen molar-refractivity contribution in [3.63, 3.8) is 0 Å². The molecule has 5 nitrogen and oxygen atoms in total. The Balaban J connectivity index is 1.65. The van der Waals surface area contributed by atoms with Gasteiger partial charge in [-0.25, -0.2) is 0 Å². The smallest absolute Gasteiger partial charge is 0.378 e. The van der Waals surface area contributed by atoms with Crippen LogP contribution in [0.5, 0.6) is 0 Å². The van der Waals surface area contributed by atoms with Gasteiger partial charge in [0.15, 0.2) is 5.69 Å². The summed E-state index contributed by atoms with van der Waals surface area (Å²) in [5.74, 6) is -0.709. The van der Waals surface area contributed by atoms with Crippen LogP contribution in [0.15, 0.2) is 10.6 Å². The Morgan fingerprint density at radius 1 is 1.40 bits per heavy atom. The van der Waals surface area contributed by atoms with Crippen LogP contribution in [0.2, 0.25) is 0 Å². The molecule has 1 aromatic heterocycles. The van der Waals surface area contributed by atoms with Gasteiger partial charge < -0.3 is 9.26 Å². The Hall–Kier alpha value is -1.57. The van der Waals surface area contributed by atoms with Gasteiger partial charge in [0.05, 0.1) is 12.7 Å². The third-order valence-electron chi connectivity index (χ3n) is 3.86. The van der Waals surface area contributed by atoms with E-state index in [4.69, 9.17) is 4.74 Å². The highest BCUT2D eigenvalue weighted by Gasteiger charge is 2.41. The van der Waals surface area contributed by atoms with Crippen LogP contribution in [0.4, 0.5) is 19.1 Å². The molecule has 0 radical (unpaired) electrons. The van der Waals surface area contributed by atoms with Crippen LogP contribution < -0.4 is 5.32 Å². The number of aromatic nitrogens is 1. The molecule has 0 spiro atoms. The van der Waals surface area contributed by atoms with Gasteiger partial charge in [-0.15, -0.1) is 0 Å². The number of carbonyl (C=O) groups excluding carboxylic acids is 1. The average molecular weight is 290 g/mol. The number of fused-ring (bicyclic) bond motifs is 2. The number of halogens is 3. The topological polar surface area (TPSA) is 64.4 Å².